The summed E-state index contributed by atoms with van der Waals surface area (Å²) in [7, 11) is 0. The van der Waals surface area contributed by atoms with Gasteiger partial charge in [0, 0.05) is 5.38 Å². The number of esters is 1. The molecule has 0 aliphatic rings. The third-order valence-corrected chi connectivity index (χ3v) is 6.03. The van der Waals surface area contributed by atoms with Crippen LogP contribution in [0, 0.1) is 6.92 Å². The molecule has 1 N–H and O–H groups in total. The van der Waals surface area contributed by atoms with Gasteiger partial charge in [-0.05, 0) is 36.9 Å². The van der Waals surface area contributed by atoms with Gasteiger partial charge in [0.1, 0.15) is 0 Å². The molecular weight excluding hydrogens is 422 g/mol. The molecule has 3 aromatic heterocycles. The highest BCUT2D eigenvalue weighted by molar-refractivity contribution is 7.99. The molecule has 10 heteroatoms. The molecule has 0 saturated carbocycles. The van der Waals surface area contributed by atoms with Crippen LogP contribution in [0.5, 0.6) is 0 Å². The number of hydrogen-bond acceptors (Lipinski definition) is 8. The van der Waals surface area contributed by atoms with Gasteiger partial charge in [-0.25, -0.2) is 4.98 Å². The fraction of sp³-hybridized carbons (Fsp3) is 0.250. The van der Waals surface area contributed by atoms with Gasteiger partial charge in [0.25, 0.3) is 0 Å². The number of carbonyl (C=O) groups is 2. The van der Waals surface area contributed by atoms with Crippen LogP contribution in [0.15, 0.2) is 40.9 Å². The molecule has 0 fully saturated rings. The first-order valence-corrected chi connectivity index (χ1v) is 11.2. The molecular formula is C20H19N5O3S2. The van der Waals surface area contributed by atoms with E-state index in [1.807, 2.05) is 35.6 Å². The minimum Gasteiger partial charge on any atom is -0.466 e. The molecule has 8 nitrogen and oxygen atoms in total. The summed E-state index contributed by atoms with van der Waals surface area (Å²) in [5.41, 5.74) is 3.37. The maximum absolute atomic E-state index is 12.4. The number of carbonyl (C=O) groups excluding carboxylic acids is 2. The van der Waals surface area contributed by atoms with Crippen molar-refractivity contribution in [3.63, 3.8) is 0 Å². The van der Waals surface area contributed by atoms with Crippen LogP contribution < -0.4 is 5.32 Å². The minimum absolute atomic E-state index is 0.0904. The highest BCUT2D eigenvalue weighted by Gasteiger charge is 2.15. The number of nitrogens with one attached hydrogen (secondary N) is 1. The highest BCUT2D eigenvalue weighted by atomic mass is 32.2. The lowest BCUT2D eigenvalue weighted by atomic mass is 10.1. The second kappa shape index (κ2) is 8.80. The van der Waals surface area contributed by atoms with Gasteiger partial charge in [-0.3, -0.25) is 14.0 Å². The Bertz CT molecular complexity index is 1230. The van der Waals surface area contributed by atoms with E-state index in [9.17, 15) is 9.59 Å². The molecule has 0 aliphatic carbocycles. The molecule has 30 heavy (non-hydrogen) atoms. The number of thiazole rings is 1. The summed E-state index contributed by atoms with van der Waals surface area (Å²) in [5.74, 6) is -0.376. The van der Waals surface area contributed by atoms with Crippen molar-refractivity contribution in [2.45, 2.75) is 25.4 Å². The van der Waals surface area contributed by atoms with Crippen molar-refractivity contribution < 1.29 is 14.3 Å². The summed E-state index contributed by atoms with van der Waals surface area (Å²) < 4.78 is 6.89. The van der Waals surface area contributed by atoms with Gasteiger partial charge < -0.3 is 10.1 Å². The number of para-hydroxylation sites is 1. The normalized spacial score (nSPS) is 11.1. The number of hydrogen-bond donors (Lipinski definition) is 1. The van der Waals surface area contributed by atoms with E-state index < -0.39 is 0 Å². The van der Waals surface area contributed by atoms with Crippen molar-refractivity contribution >= 4 is 56.7 Å². The van der Waals surface area contributed by atoms with E-state index in [0.717, 1.165) is 22.1 Å². The molecule has 0 atom stereocenters. The molecule has 0 saturated heterocycles. The standard InChI is InChI=1S/C20H19N5O3S2/c1-3-28-17(27)9-14-10-29-19(21-14)22-16(26)11-30-20-24-23-18-12(2)8-13-6-4-5-7-15(13)25(18)20/h4-8,10H,3,9,11H2,1-2H3,(H,21,22,26). The number of pyridine rings is 1. The van der Waals surface area contributed by atoms with E-state index >= 15 is 0 Å². The quantitative estimate of drug-likeness (QED) is 0.346. The number of benzene rings is 1. The number of ether oxygens (including phenoxy) is 1. The highest BCUT2D eigenvalue weighted by Crippen LogP contribution is 2.25. The SMILES string of the molecule is CCOC(=O)Cc1csc(NC(=O)CSc2nnc3c(C)cc4ccccc4n23)n1. The number of anilines is 1. The Hall–Kier alpha value is -2.98. The number of aryl methyl sites for hydroxylation is 1. The number of amides is 1. The van der Waals surface area contributed by atoms with Gasteiger partial charge in [-0.15, -0.1) is 21.5 Å². The summed E-state index contributed by atoms with van der Waals surface area (Å²) >= 11 is 2.59. The van der Waals surface area contributed by atoms with Crippen molar-refractivity contribution in [2.24, 2.45) is 0 Å². The first-order chi connectivity index (χ1) is 14.5. The maximum atomic E-state index is 12.4. The number of aromatic nitrogens is 4. The Morgan fingerprint density at radius 3 is 2.93 bits per heavy atom. The molecule has 1 aromatic carbocycles. The Morgan fingerprint density at radius 1 is 1.27 bits per heavy atom. The summed E-state index contributed by atoms with van der Waals surface area (Å²) in [6, 6.07) is 10.1. The molecule has 0 aliphatic heterocycles. The molecule has 0 bridgehead atoms. The van der Waals surface area contributed by atoms with E-state index in [2.05, 4.69) is 26.6 Å². The minimum atomic E-state index is -0.336. The van der Waals surface area contributed by atoms with Gasteiger partial charge in [-0.2, -0.15) is 0 Å². The molecule has 0 spiro atoms. The first kappa shape index (κ1) is 20.3. The summed E-state index contributed by atoms with van der Waals surface area (Å²) in [6.45, 7) is 4.08. The van der Waals surface area contributed by atoms with Gasteiger partial charge in [0.2, 0.25) is 5.91 Å². The van der Waals surface area contributed by atoms with Crippen LogP contribution in [-0.2, 0) is 20.7 Å². The van der Waals surface area contributed by atoms with E-state index in [1.54, 1.807) is 12.3 Å². The smallest absolute Gasteiger partial charge is 0.311 e. The Labute approximate surface area is 180 Å². The molecule has 0 radical (unpaired) electrons. The zero-order chi connectivity index (χ0) is 21.1. The van der Waals surface area contributed by atoms with Crippen LogP contribution >= 0.6 is 23.1 Å². The van der Waals surface area contributed by atoms with E-state index in [1.165, 1.54) is 23.1 Å². The average Bonchev–Trinajstić information content (AvgIpc) is 3.34. The zero-order valence-electron chi connectivity index (χ0n) is 16.4. The second-order valence-electron chi connectivity index (χ2n) is 6.49. The molecule has 4 rings (SSSR count). The van der Waals surface area contributed by atoms with Gasteiger partial charge >= 0.3 is 5.97 Å². The van der Waals surface area contributed by atoms with Crippen LogP contribution in [0.25, 0.3) is 16.6 Å². The van der Waals surface area contributed by atoms with Crippen LogP contribution in [-0.4, -0.2) is 43.8 Å². The third kappa shape index (κ3) is 4.29. The largest absolute Gasteiger partial charge is 0.466 e. The number of rotatable bonds is 7. The van der Waals surface area contributed by atoms with Crippen molar-refractivity contribution in [3.8, 4) is 0 Å². The predicted molar refractivity (Wildman–Crippen MR) is 117 cm³/mol. The topological polar surface area (TPSA) is 98.5 Å². The van der Waals surface area contributed by atoms with Gasteiger partial charge in [0.15, 0.2) is 15.9 Å². The van der Waals surface area contributed by atoms with Crippen molar-refractivity contribution in [1.82, 2.24) is 19.6 Å². The predicted octanol–water partition coefficient (Wildman–Crippen LogP) is 3.48. The molecule has 0 unspecified atom stereocenters. The van der Waals surface area contributed by atoms with Crippen LogP contribution in [0.4, 0.5) is 5.13 Å². The number of thioether (sulfide) groups is 1. The monoisotopic (exact) mass is 441 g/mol. The number of fused-ring (bicyclic) bond motifs is 3. The second-order valence-corrected chi connectivity index (χ2v) is 8.29. The van der Waals surface area contributed by atoms with Crippen LogP contribution in [0.1, 0.15) is 18.2 Å². The van der Waals surface area contributed by atoms with Crippen LogP contribution in [0.3, 0.4) is 0 Å². The van der Waals surface area contributed by atoms with E-state index in [4.69, 9.17) is 4.74 Å². The van der Waals surface area contributed by atoms with Crippen molar-refractivity contribution in [1.29, 1.82) is 0 Å². The lowest BCUT2D eigenvalue weighted by molar-refractivity contribution is -0.142. The summed E-state index contributed by atoms with van der Waals surface area (Å²) in [5, 5.41) is 15.2. The fourth-order valence-electron chi connectivity index (χ4n) is 3.04. The summed E-state index contributed by atoms with van der Waals surface area (Å²) in [6.07, 6.45) is 0.0904. The lowest BCUT2D eigenvalue weighted by Gasteiger charge is -2.06. The lowest BCUT2D eigenvalue weighted by Crippen LogP contribution is -2.14. The van der Waals surface area contributed by atoms with E-state index in [0.29, 0.717) is 22.6 Å². The molecule has 154 valence electrons. The molecule has 1 amide bonds. The number of nitrogens with zero attached hydrogens (tertiary/aromatic N) is 4. The Kier molecular flexibility index (Phi) is 5.96. The van der Waals surface area contributed by atoms with Gasteiger partial charge in [-0.1, -0.05) is 30.0 Å². The fourth-order valence-corrected chi connectivity index (χ4v) is 4.51. The van der Waals surface area contributed by atoms with Crippen molar-refractivity contribution in [3.05, 3.63) is 47.0 Å². The van der Waals surface area contributed by atoms with E-state index in [-0.39, 0.29) is 24.1 Å². The zero-order valence-corrected chi connectivity index (χ0v) is 18.0. The maximum Gasteiger partial charge on any atom is 0.311 e. The van der Waals surface area contributed by atoms with Gasteiger partial charge in [0.05, 0.1) is 30.0 Å². The first-order valence-electron chi connectivity index (χ1n) is 9.31. The Morgan fingerprint density at radius 2 is 2.10 bits per heavy atom. The van der Waals surface area contributed by atoms with Crippen molar-refractivity contribution in [2.75, 3.05) is 17.7 Å². The molecule has 4 aromatic rings. The summed E-state index contributed by atoms with van der Waals surface area (Å²) in [4.78, 5) is 28.2. The van der Waals surface area contributed by atoms with Crippen LogP contribution in [0.2, 0.25) is 0 Å². The Balaban J connectivity index is 1.44. The molecule has 3 heterocycles. The third-order valence-electron chi connectivity index (χ3n) is 4.30. The average molecular weight is 442 g/mol.